The van der Waals surface area contributed by atoms with Crippen LogP contribution in [-0.4, -0.2) is 31.9 Å². The van der Waals surface area contributed by atoms with Gasteiger partial charge < -0.3 is 15.0 Å². The summed E-state index contributed by atoms with van der Waals surface area (Å²) in [5, 5.41) is 13.8. The van der Waals surface area contributed by atoms with Crippen LogP contribution in [0.25, 0.3) is 0 Å². The Balaban J connectivity index is 1.58. The van der Waals surface area contributed by atoms with Crippen molar-refractivity contribution < 1.29 is 9.90 Å². The third-order valence-electron chi connectivity index (χ3n) is 4.00. The van der Waals surface area contributed by atoms with Gasteiger partial charge >= 0.3 is 0 Å². The Morgan fingerprint density at radius 1 is 1.46 bits per heavy atom. The number of hydrogen-bond acceptors (Lipinski definition) is 4. The summed E-state index contributed by atoms with van der Waals surface area (Å²) < 4.78 is 2.13. The molecule has 0 bridgehead atoms. The molecule has 6 heteroatoms. The molecule has 128 valence electrons. The second kappa shape index (κ2) is 6.99. The number of aliphatic hydroxyl groups is 1. The average Bonchev–Trinajstić information content (AvgIpc) is 3.11. The van der Waals surface area contributed by atoms with Crippen LogP contribution in [0.15, 0.2) is 35.6 Å². The molecule has 1 aromatic carbocycles. The highest BCUT2D eigenvalue weighted by molar-refractivity contribution is 7.99. The quantitative estimate of drug-likeness (QED) is 0.844. The van der Waals surface area contributed by atoms with Crippen LogP contribution in [0.1, 0.15) is 41.9 Å². The molecule has 1 amide bonds. The molecule has 0 fully saturated rings. The highest BCUT2D eigenvalue weighted by Crippen LogP contribution is 2.24. The van der Waals surface area contributed by atoms with Crippen molar-refractivity contribution in [1.82, 2.24) is 14.9 Å². The summed E-state index contributed by atoms with van der Waals surface area (Å²) in [6, 6.07) is 7.58. The van der Waals surface area contributed by atoms with Crippen LogP contribution < -0.4 is 5.32 Å². The number of thioether (sulfide) groups is 1. The zero-order valence-corrected chi connectivity index (χ0v) is 14.9. The fraction of sp³-hybridized carbons (Fsp3) is 0.444. The van der Waals surface area contributed by atoms with Gasteiger partial charge in [-0.15, -0.1) is 0 Å². The predicted molar refractivity (Wildman–Crippen MR) is 95.2 cm³/mol. The summed E-state index contributed by atoms with van der Waals surface area (Å²) >= 11 is 1.75. The van der Waals surface area contributed by atoms with E-state index in [2.05, 4.69) is 14.9 Å². The fourth-order valence-corrected chi connectivity index (χ4v) is 3.60. The topological polar surface area (TPSA) is 67.2 Å². The third-order valence-corrected chi connectivity index (χ3v) is 4.97. The van der Waals surface area contributed by atoms with E-state index in [4.69, 9.17) is 0 Å². The zero-order chi connectivity index (χ0) is 17.2. The van der Waals surface area contributed by atoms with Gasteiger partial charge in [-0.1, -0.05) is 23.9 Å². The van der Waals surface area contributed by atoms with E-state index in [1.165, 1.54) is 0 Å². The Bertz CT molecular complexity index is 713. The number of nitrogens with one attached hydrogen (secondary N) is 1. The van der Waals surface area contributed by atoms with Crippen LogP contribution in [0.3, 0.4) is 0 Å². The highest BCUT2D eigenvalue weighted by atomic mass is 32.2. The molecule has 1 aromatic heterocycles. The van der Waals surface area contributed by atoms with Crippen molar-refractivity contribution in [2.24, 2.45) is 0 Å². The number of imidazole rings is 1. The standard InChI is InChI=1S/C18H23N3O2S/c1-18(2,23)7-6-13-4-3-5-14(10-13)16(22)19-11-15-12-21-8-9-24-17(21)20-15/h3-5,10,12,23H,6-9,11H2,1-2H3,(H,19,22). The van der Waals surface area contributed by atoms with Gasteiger partial charge in [0.15, 0.2) is 5.16 Å². The maximum absolute atomic E-state index is 12.3. The second-order valence-electron chi connectivity index (χ2n) is 6.75. The summed E-state index contributed by atoms with van der Waals surface area (Å²) in [6.45, 7) is 5.02. The smallest absolute Gasteiger partial charge is 0.251 e. The Kier molecular flexibility index (Phi) is 4.96. The van der Waals surface area contributed by atoms with Gasteiger partial charge in [-0.2, -0.15) is 0 Å². The monoisotopic (exact) mass is 345 g/mol. The number of aromatic nitrogens is 2. The molecule has 2 N–H and O–H groups in total. The molecule has 1 aliphatic heterocycles. The number of rotatable bonds is 6. The van der Waals surface area contributed by atoms with E-state index in [1.807, 2.05) is 30.5 Å². The first kappa shape index (κ1) is 17.0. The molecule has 0 saturated heterocycles. The minimum Gasteiger partial charge on any atom is -0.390 e. The molecule has 2 aromatic rings. The molecule has 5 nitrogen and oxygen atoms in total. The molecular formula is C18H23N3O2S. The van der Waals surface area contributed by atoms with Gasteiger partial charge in [0.25, 0.3) is 5.91 Å². The van der Waals surface area contributed by atoms with E-state index < -0.39 is 5.60 Å². The van der Waals surface area contributed by atoms with Gasteiger partial charge in [0.2, 0.25) is 0 Å². The largest absolute Gasteiger partial charge is 0.390 e. The van der Waals surface area contributed by atoms with E-state index in [-0.39, 0.29) is 5.91 Å². The van der Waals surface area contributed by atoms with Crippen LogP contribution in [0.4, 0.5) is 0 Å². The molecular weight excluding hydrogens is 322 g/mol. The molecule has 0 atom stereocenters. The maximum Gasteiger partial charge on any atom is 0.251 e. The lowest BCUT2D eigenvalue weighted by atomic mass is 9.98. The lowest BCUT2D eigenvalue weighted by Gasteiger charge is -2.16. The van der Waals surface area contributed by atoms with Crippen molar-refractivity contribution in [3.63, 3.8) is 0 Å². The number of nitrogens with zero attached hydrogens (tertiary/aromatic N) is 2. The SMILES string of the molecule is CC(C)(O)CCc1cccc(C(=O)NCc2cn3c(n2)SCC3)c1. The zero-order valence-electron chi connectivity index (χ0n) is 14.1. The van der Waals surface area contributed by atoms with Crippen molar-refractivity contribution in [3.8, 4) is 0 Å². The minimum absolute atomic E-state index is 0.0964. The summed E-state index contributed by atoms with van der Waals surface area (Å²) in [4.78, 5) is 16.9. The lowest BCUT2D eigenvalue weighted by Crippen LogP contribution is -2.23. The molecule has 0 saturated carbocycles. The first-order valence-corrected chi connectivity index (χ1v) is 9.18. The Morgan fingerprint density at radius 2 is 2.29 bits per heavy atom. The molecule has 0 unspecified atom stereocenters. The van der Waals surface area contributed by atoms with Gasteiger partial charge in [-0.3, -0.25) is 4.79 Å². The van der Waals surface area contributed by atoms with Gasteiger partial charge in [0.1, 0.15) is 0 Å². The molecule has 0 aliphatic carbocycles. The predicted octanol–water partition coefficient (Wildman–Crippen LogP) is 2.62. The lowest BCUT2D eigenvalue weighted by molar-refractivity contribution is 0.0714. The second-order valence-corrected chi connectivity index (χ2v) is 7.81. The molecule has 0 spiro atoms. The Hall–Kier alpha value is -1.79. The molecule has 1 aliphatic rings. The van der Waals surface area contributed by atoms with E-state index in [9.17, 15) is 9.90 Å². The molecule has 2 heterocycles. The van der Waals surface area contributed by atoms with E-state index in [0.717, 1.165) is 35.1 Å². The van der Waals surface area contributed by atoms with Crippen LogP contribution in [0.5, 0.6) is 0 Å². The van der Waals surface area contributed by atoms with E-state index >= 15 is 0 Å². The maximum atomic E-state index is 12.3. The first-order valence-electron chi connectivity index (χ1n) is 8.19. The van der Waals surface area contributed by atoms with Gasteiger partial charge in [0, 0.05) is 24.1 Å². The number of benzene rings is 1. The highest BCUT2D eigenvalue weighted by Gasteiger charge is 2.15. The summed E-state index contributed by atoms with van der Waals surface area (Å²) in [5.74, 6) is 0.979. The van der Waals surface area contributed by atoms with Crippen LogP contribution in [0, 0.1) is 0 Å². The number of amides is 1. The van der Waals surface area contributed by atoms with Gasteiger partial charge in [0.05, 0.1) is 17.8 Å². The number of carbonyl (C=O) groups excluding carboxylic acids is 1. The third kappa shape index (κ3) is 4.39. The Labute approximate surface area is 146 Å². The van der Waals surface area contributed by atoms with E-state index in [0.29, 0.717) is 18.5 Å². The van der Waals surface area contributed by atoms with Crippen molar-refractivity contribution in [2.45, 2.75) is 50.5 Å². The van der Waals surface area contributed by atoms with Gasteiger partial charge in [-0.05, 0) is 44.4 Å². The van der Waals surface area contributed by atoms with Crippen LogP contribution in [-0.2, 0) is 19.5 Å². The van der Waals surface area contributed by atoms with Crippen molar-refractivity contribution in [2.75, 3.05) is 5.75 Å². The van der Waals surface area contributed by atoms with Crippen LogP contribution >= 0.6 is 11.8 Å². The normalized spacial score (nSPS) is 13.8. The minimum atomic E-state index is -0.697. The number of fused-ring (bicyclic) bond motifs is 1. The molecule has 0 radical (unpaired) electrons. The molecule has 24 heavy (non-hydrogen) atoms. The number of hydrogen-bond donors (Lipinski definition) is 2. The molecule has 3 rings (SSSR count). The van der Waals surface area contributed by atoms with Crippen molar-refractivity contribution in [1.29, 1.82) is 0 Å². The summed E-state index contributed by atoms with van der Waals surface area (Å²) in [5.41, 5.74) is 1.90. The van der Waals surface area contributed by atoms with E-state index in [1.54, 1.807) is 25.6 Å². The van der Waals surface area contributed by atoms with Crippen molar-refractivity contribution in [3.05, 3.63) is 47.3 Å². The first-order chi connectivity index (χ1) is 11.4. The number of carbonyl (C=O) groups is 1. The van der Waals surface area contributed by atoms with Crippen molar-refractivity contribution >= 4 is 17.7 Å². The van der Waals surface area contributed by atoms with Gasteiger partial charge in [-0.25, -0.2) is 4.98 Å². The fourth-order valence-electron chi connectivity index (χ4n) is 2.64. The average molecular weight is 345 g/mol. The summed E-state index contributed by atoms with van der Waals surface area (Å²) in [7, 11) is 0. The van der Waals surface area contributed by atoms with Crippen LogP contribution in [0.2, 0.25) is 0 Å². The summed E-state index contributed by atoms with van der Waals surface area (Å²) in [6.07, 6.45) is 3.42. The Morgan fingerprint density at radius 3 is 3.04 bits per heavy atom. The number of aryl methyl sites for hydroxylation is 2.